The lowest BCUT2D eigenvalue weighted by molar-refractivity contribution is -0.118. The van der Waals surface area contributed by atoms with Gasteiger partial charge in [-0.15, -0.1) is 0 Å². The minimum absolute atomic E-state index is 0.0847. The molecule has 0 unspecified atom stereocenters. The number of hydrogen-bond acceptors (Lipinski definition) is 3. The van der Waals surface area contributed by atoms with Gasteiger partial charge in [0.2, 0.25) is 5.91 Å². The summed E-state index contributed by atoms with van der Waals surface area (Å²) < 4.78 is 5.19. The Labute approximate surface area is 160 Å². The highest BCUT2D eigenvalue weighted by Gasteiger charge is 2.20. The van der Waals surface area contributed by atoms with Gasteiger partial charge in [0.05, 0.1) is 7.11 Å². The lowest BCUT2D eigenvalue weighted by Crippen LogP contribution is -2.32. The van der Waals surface area contributed by atoms with E-state index in [0.29, 0.717) is 6.54 Å². The summed E-state index contributed by atoms with van der Waals surface area (Å²) in [6, 6.07) is 24.9. The highest BCUT2D eigenvalue weighted by atomic mass is 16.5. The third-order valence-corrected chi connectivity index (χ3v) is 4.38. The van der Waals surface area contributed by atoms with E-state index in [-0.39, 0.29) is 5.91 Å². The van der Waals surface area contributed by atoms with Crippen molar-refractivity contribution in [3.63, 3.8) is 0 Å². The molecule has 1 atom stereocenters. The van der Waals surface area contributed by atoms with E-state index in [1.54, 1.807) is 7.11 Å². The molecule has 0 saturated heterocycles. The van der Waals surface area contributed by atoms with Crippen molar-refractivity contribution in [3.8, 4) is 5.75 Å². The maximum absolute atomic E-state index is 12.9. The van der Waals surface area contributed by atoms with E-state index in [2.05, 4.69) is 10.6 Å². The van der Waals surface area contributed by atoms with Gasteiger partial charge in [0.25, 0.3) is 0 Å². The molecule has 0 fully saturated rings. The van der Waals surface area contributed by atoms with Crippen LogP contribution in [-0.2, 0) is 11.3 Å². The van der Waals surface area contributed by atoms with Gasteiger partial charge in [-0.25, -0.2) is 0 Å². The normalized spacial score (nSPS) is 11.6. The Morgan fingerprint density at radius 3 is 2.22 bits per heavy atom. The van der Waals surface area contributed by atoms with Gasteiger partial charge in [-0.2, -0.15) is 0 Å². The number of rotatable bonds is 7. The van der Waals surface area contributed by atoms with Crippen LogP contribution in [0.4, 0.5) is 5.69 Å². The van der Waals surface area contributed by atoms with Crippen LogP contribution in [0.2, 0.25) is 0 Å². The van der Waals surface area contributed by atoms with Crippen LogP contribution in [0, 0.1) is 6.92 Å². The fourth-order valence-electron chi connectivity index (χ4n) is 2.82. The van der Waals surface area contributed by atoms with Crippen molar-refractivity contribution in [2.75, 3.05) is 12.4 Å². The van der Waals surface area contributed by atoms with Gasteiger partial charge in [0.15, 0.2) is 0 Å². The number of hydrogen-bond donors (Lipinski definition) is 2. The summed E-state index contributed by atoms with van der Waals surface area (Å²) in [5.41, 5.74) is 3.96. The van der Waals surface area contributed by atoms with Crippen LogP contribution in [0.15, 0.2) is 78.9 Å². The molecule has 3 aromatic rings. The van der Waals surface area contributed by atoms with Gasteiger partial charge >= 0.3 is 0 Å². The summed E-state index contributed by atoms with van der Waals surface area (Å²) in [5, 5.41) is 6.37. The Morgan fingerprint density at radius 1 is 0.926 bits per heavy atom. The summed E-state index contributed by atoms with van der Waals surface area (Å²) in [6.07, 6.45) is 0. The Bertz CT molecular complexity index is 859. The van der Waals surface area contributed by atoms with Crippen molar-refractivity contribution < 1.29 is 9.53 Å². The van der Waals surface area contributed by atoms with Crippen molar-refractivity contribution >= 4 is 11.6 Å². The maximum Gasteiger partial charge on any atom is 0.246 e. The third kappa shape index (κ3) is 5.19. The maximum atomic E-state index is 12.9. The number of benzene rings is 3. The molecule has 0 aliphatic heterocycles. The average Bonchev–Trinajstić information content (AvgIpc) is 2.71. The lowest BCUT2D eigenvalue weighted by atomic mass is 10.1. The van der Waals surface area contributed by atoms with Gasteiger partial charge in [0.1, 0.15) is 11.8 Å². The van der Waals surface area contributed by atoms with Crippen LogP contribution in [0.1, 0.15) is 22.7 Å². The molecule has 0 saturated carbocycles. The number of methoxy groups -OCH3 is 1. The van der Waals surface area contributed by atoms with Gasteiger partial charge in [-0.05, 0) is 42.3 Å². The molecule has 0 bridgehead atoms. The minimum Gasteiger partial charge on any atom is -0.497 e. The summed E-state index contributed by atoms with van der Waals surface area (Å²) in [5.74, 6) is 0.731. The Morgan fingerprint density at radius 2 is 1.59 bits per heavy atom. The molecule has 0 aliphatic rings. The monoisotopic (exact) mass is 360 g/mol. The van der Waals surface area contributed by atoms with Crippen LogP contribution in [0.5, 0.6) is 5.75 Å². The molecule has 3 aromatic carbocycles. The fraction of sp³-hybridized carbons (Fsp3) is 0.174. The van der Waals surface area contributed by atoms with Gasteiger partial charge < -0.3 is 10.1 Å². The Hall–Kier alpha value is -3.11. The van der Waals surface area contributed by atoms with Gasteiger partial charge in [-0.1, -0.05) is 60.2 Å². The standard InChI is InChI=1S/C23H24N2O2/c1-17-8-12-20(13-9-17)25-23(26)22(19-6-4-3-5-7-19)24-16-18-10-14-21(27-2)15-11-18/h3-15,22,24H,16H2,1-2H3,(H,25,26)/t22-/m1/s1. The highest BCUT2D eigenvalue weighted by Crippen LogP contribution is 2.18. The number of anilines is 1. The summed E-state index contributed by atoms with van der Waals surface area (Å²) in [6.45, 7) is 2.60. The highest BCUT2D eigenvalue weighted by molar-refractivity contribution is 5.95. The number of amides is 1. The third-order valence-electron chi connectivity index (χ3n) is 4.38. The first-order valence-corrected chi connectivity index (χ1v) is 8.94. The Kier molecular flexibility index (Phi) is 6.23. The van der Waals surface area contributed by atoms with Crippen molar-refractivity contribution in [2.24, 2.45) is 0 Å². The molecule has 2 N–H and O–H groups in total. The van der Waals surface area contributed by atoms with E-state index in [0.717, 1.165) is 28.1 Å². The number of nitrogens with one attached hydrogen (secondary N) is 2. The number of carbonyl (C=O) groups excluding carboxylic acids is 1. The van der Waals surface area contributed by atoms with Crippen molar-refractivity contribution in [1.82, 2.24) is 5.32 Å². The molecular formula is C23H24N2O2. The first-order valence-electron chi connectivity index (χ1n) is 8.94. The second-order valence-electron chi connectivity index (χ2n) is 6.43. The predicted octanol–water partition coefficient (Wildman–Crippen LogP) is 4.47. The molecule has 0 aromatic heterocycles. The average molecular weight is 360 g/mol. The van der Waals surface area contributed by atoms with E-state index >= 15 is 0 Å². The second-order valence-corrected chi connectivity index (χ2v) is 6.43. The van der Waals surface area contributed by atoms with Gasteiger partial charge in [0, 0.05) is 12.2 Å². The second kappa shape index (κ2) is 9.01. The quantitative estimate of drug-likeness (QED) is 0.653. The first-order chi connectivity index (χ1) is 13.2. The van der Waals surface area contributed by atoms with Crippen LogP contribution in [0.3, 0.4) is 0 Å². The zero-order chi connectivity index (χ0) is 19.1. The molecule has 138 valence electrons. The van der Waals surface area contributed by atoms with E-state index in [1.165, 1.54) is 0 Å². The van der Waals surface area contributed by atoms with Crippen LogP contribution in [0.25, 0.3) is 0 Å². The molecule has 4 nitrogen and oxygen atoms in total. The number of carbonyl (C=O) groups is 1. The molecule has 0 heterocycles. The largest absolute Gasteiger partial charge is 0.497 e. The zero-order valence-corrected chi connectivity index (χ0v) is 15.6. The summed E-state index contributed by atoms with van der Waals surface area (Å²) in [4.78, 5) is 12.9. The van der Waals surface area contributed by atoms with Crippen LogP contribution < -0.4 is 15.4 Å². The number of aryl methyl sites for hydroxylation is 1. The van der Waals surface area contributed by atoms with E-state index < -0.39 is 6.04 Å². The molecule has 0 spiro atoms. The predicted molar refractivity (Wildman–Crippen MR) is 109 cm³/mol. The Balaban J connectivity index is 1.74. The fourth-order valence-corrected chi connectivity index (χ4v) is 2.82. The molecule has 27 heavy (non-hydrogen) atoms. The molecule has 1 amide bonds. The number of ether oxygens (including phenoxy) is 1. The van der Waals surface area contributed by atoms with Crippen molar-refractivity contribution in [2.45, 2.75) is 19.5 Å². The molecule has 3 rings (SSSR count). The summed E-state index contributed by atoms with van der Waals surface area (Å²) in [7, 11) is 1.65. The lowest BCUT2D eigenvalue weighted by Gasteiger charge is -2.19. The van der Waals surface area contributed by atoms with Crippen LogP contribution in [-0.4, -0.2) is 13.0 Å². The topological polar surface area (TPSA) is 50.4 Å². The van der Waals surface area contributed by atoms with Crippen molar-refractivity contribution in [1.29, 1.82) is 0 Å². The van der Waals surface area contributed by atoms with E-state index in [4.69, 9.17) is 4.74 Å². The SMILES string of the molecule is COc1ccc(CN[C@@H](C(=O)Nc2ccc(C)cc2)c2ccccc2)cc1. The van der Waals surface area contributed by atoms with Gasteiger partial charge in [-0.3, -0.25) is 10.1 Å². The molecule has 0 radical (unpaired) electrons. The van der Waals surface area contributed by atoms with E-state index in [1.807, 2.05) is 85.8 Å². The zero-order valence-electron chi connectivity index (χ0n) is 15.6. The molecular weight excluding hydrogens is 336 g/mol. The van der Waals surface area contributed by atoms with Crippen molar-refractivity contribution in [3.05, 3.63) is 95.6 Å². The minimum atomic E-state index is -0.449. The smallest absolute Gasteiger partial charge is 0.246 e. The van der Waals surface area contributed by atoms with E-state index in [9.17, 15) is 4.79 Å². The summed E-state index contributed by atoms with van der Waals surface area (Å²) >= 11 is 0. The first kappa shape index (κ1) is 18.7. The molecule has 0 aliphatic carbocycles. The van der Waals surface area contributed by atoms with Crippen LogP contribution >= 0.6 is 0 Å². The molecule has 4 heteroatoms.